The standard InChI is InChI=1S/C44H49N7O10S2/c1-8-25-20-44(25,41(55)50-63(56,57)28-17-18-28)49-37(52)31-19-27(21-51(31)39(53)35(43(4,5)6)47-42-45-30(22-62-42)40(54)58-7)60-38-34-33(29-11-9-10-12-32(29)61-34)46-36(48-38)24-13-15-26(16-14-24)59-23(2)3/h8-16,22-23,25,27-28,31,35H,1,17-21H2,2-7H3,(H,45,47)(H,49,52)(H,50,55)/t25-,27-,31+,35-,44-/m1/s1. The third-order valence-electron chi connectivity index (χ3n) is 11.3. The quantitative estimate of drug-likeness (QED) is 0.0858. The van der Waals surface area contributed by atoms with E-state index in [0.717, 1.165) is 16.7 Å². The molecule has 19 heteroatoms. The molecule has 3 aliphatic rings. The van der Waals surface area contributed by atoms with Crippen LogP contribution in [0, 0.1) is 11.3 Å². The number of carbonyl (C=O) groups excluding carboxylic acids is 4. The van der Waals surface area contributed by atoms with Crippen molar-refractivity contribution in [3.05, 3.63) is 72.3 Å². The number of thiazole rings is 1. The van der Waals surface area contributed by atoms with Gasteiger partial charge in [0.2, 0.25) is 27.4 Å². The van der Waals surface area contributed by atoms with Crippen LogP contribution in [0.4, 0.5) is 5.13 Å². The molecule has 4 heterocycles. The van der Waals surface area contributed by atoms with Crippen molar-refractivity contribution < 1.29 is 46.2 Å². The van der Waals surface area contributed by atoms with Gasteiger partial charge in [0.15, 0.2) is 16.6 Å². The molecule has 2 saturated carbocycles. The minimum atomic E-state index is -3.94. The van der Waals surface area contributed by atoms with Crippen LogP contribution in [0.3, 0.4) is 0 Å². The monoisotopic (exact) mass is 899 g/mol. The van der Waals surface area contributed by atoms with Crippen molar-refractivity contribution in [3.8, 4) is 23.0 Å². The number of esters is 1. The summed E-state index contributed by atoms with van der Waals surface area (Å²) < 4.78 is 51.5. The summed E-state index contributed by atoms with van der Waals surface area (Å²) in [6.07, 6.45) is 1.59. The Morgan fingerprint density at radius 2 is 1.78 bits per heavy atom. The van der Waals surface area contributed by atoms with Crippen LogP contribution in [-0.4, -0.2) is 101 Å². The van der Waals surface area contributed by atoms with Crippen LogP contribution in [-0.2, 0) is 29.1 Å². The molecule has 3 fully saturated rings. The molecule has 3 N–H and O–H groups in total. The Kier molecular flexibility index (Phi) is 11.5. The van der Waals surface area contributed by atoms with E-state index >= 15 is 0 Å². The zero-order valence-corrected chi connectivity index (χ0v) is 37.3. The van der Waals surface area contributed by atoms with Crippen LogP contribution < -0.4 is 24.8 Å². The predicted octanol–water partition coefficient (Wildman–Crippen LogP) is 5.62. The summed E-state index contributed by atoms with van der Waals surface area (Å²) >= 11 is 1.11. The number of hydrogen-bond donors (Lipinski definition) is 3. The van der Waals surface area contributed by atoms with E-state index in [0.29, 0.717) is 41.1 Å². The number of fused-ring (bicyclic) bond motifs is 3. The number of methoxy groups -OCH3 is 1. The molecule has 0 bridgehead atoms. The summed E-state index contributed by atoms with van der Waals surface area (Å²) in [6.45, 7) is 13.1. The Bertz CT molecular complexity index is 2720. The maximum atomic E-state index is 15.0. The van der Waals surface area contributed by atoms with E-state index < -0.39 is 74.0 Å². The second-order valence-corrected chi connectivity index (χ2v) is 20.3. The molecule has 17 nitrogen and oxygen atoms in total. The molecule has 3 aromatic heterocycles. The fraction of sp³-hybridized carbons (Fsp3) is 0.432. The van der Waals surface area contributed by atoms with Gasteiger partial charge in [-0.05, 0) is 74.9 Å². The van der Waals surface area contributed by atoms with E-state index in [1.54, 1.807) is 6.07 Å². The van der Waals surface area contributed by atoms with Gasteiger partial charge in [-0.15, -0.1) is 17.9 Å². The molecule has 5 aromatic rings. The number of ether oxygens (including phenoxy) is 3. The summed E-state index contributed by atoms with van der Waals surface area (Å²) in [4.78, 5) is 71.0. The Morgan fingerprint density at radius 3 is 2.43 bits per heavy atom. The fourth-order valence-corrected chi connectivity index (χ4v) is 9.83. The molecule has 1 aliphatic heterocycles. The Balaban J connectivity index is 1.14. The normalized spacial score (nSPS) is 21.5. The number of anilines is 1. The van der Waals surface area contributed by atoms with Crippen LogP contribution in [0.25, 0.3) is 33.5 Å². The first kappa shape index (κ1) is 43.6. The maximum absolute atomic E-state index is 15.0. The van der Waals surface area contributed by atoms with E-state index in [-0.39, 0.29) is 47.8 Å². The van der Waals surface area contributed by atoms with Gasteiger partial charge in [-0.25, -0.2) is 23.2 Å². The Morgan fingerprint density at radius 1 is 1.05 bits per heavy atom. The lowest BCUT2D eigenvalue weighted by Crippen LogP contribution is -2.58. The Hall–Kier alpha value is -6.08. The van der Waals surface area contributed by atoms with Crippen molar-refractivity contribution in [2.45, 2.75) is 95.4 Å². The zero-order valence-electron chi connectivity index (χ0n) is 35.7. The fourth-order valence-electron chi connectivity index (χ4n) is 7.76. The number of nitrogens with one attached hydrogen (secondary N) is 3. The van der Waals surface area contributed by atoms with Gasteiger partial charge in [0.25, 0.3) is 11.8 Å². The molecule has 0 spiro atoms. The minimum absolute atomic E-state index is 0.0235. The van der Waals surface area contributed by atoms with Crippen molar-refractivity contribution in [1.82, 2.24) is 29.9 Å². The number of carbonyl (C=O) groups is 4. The van der Waals surface area contributed by atoms with Crippen molar-refractivity contribution in [2.75, 3.05) is 19.0 Å². The highest BCUT2D eigenvalue weighted by Crippen LogP contribution is 2.46. The number of benzene rings is 2. The largest absolute Gasteiger partial charge is 0.491 e. The van der Waals surface area contributed by atoms with Gasteiger partial charge in [-0.1, -0.05) is 39.0 Å². The number of likely N-dealkylation sites (tertiary alicyclic amines) is 1. The molecule has 8 rings (SSSR count). The molecule has 2 aliphatic carbocycles. The lowest BCUT2D eigenvalue weighted by Gasteiger charge is -2.35. The van der Waals surface area contributed by atoms with Gasteiger partial charge in [0.05, 0.1) is 25.0 Å². The molecule has 1 saturated heterocycles. The van der Waals surface area contributed by atoms with E-state index in [1.807, 2.05) is 77.1 Å². The van der Waals surface area contributed by atoms with Gasteiger partial charge in [-0.3, -0.25) is 19.1 Å². The number of aromatic nitrogens is 3. The van der Waals surface area contributed by atoms with Crippen LogP contribution in [0.2, 0.25) is 0 Å². The van der Waals surface area contributed by atoms with Crippen LogP contribution >= 0.6 is 11.3 Å². The second kappa shape index (κ2) is 16.6. The number of para-hydroxylation sites is 1. The van der Waals surface area contributed by atoms with Crippen LogP contribution in [0.5, 0.6) is 11.6 Å². The number of nitrogens with zero attached hydrogens (tertiary/aromatic N) is 4. The summed E-state index contributed by atoms with van der Waals surface area (Å²) in [5.74, 6) is -2.13. The van der Waals surface area contributed by atoms with E-state index in [9.17, 15) is 27.6 Å². The molecule has 2 aromatic carbocycles. The molecular formula is C44H49N7O10S2. The highest BCUT2D eigenvalue weighted by Gasteiger charge is 2.62. The number of hydrogen-bond acceptors (Lipinski definition) is 15. The molecule has 0 unspecified atom stereocenters. The number of furan rings is 1. The average Bonchev–Trinajstić information content (AvgIpc) is 4.07. The van der Waals surface area contributed by atoms with Gasteiger partial charge < -0.3 is 34.2 Å². The van der Waals surface area contributed by atoms with Gasteiger partial charge in [0.1, 0.15) is 40.6 Å². The van der Waals surface area contributed by atoms with E-state index in [2.05, 4.69) is 26.9 Å². The van der Waals surface area contributed by atoms with Gasteiger partial charge in [0, 0.05) is 28.7 Å². The zero-order chi connectivity index (χ0) is 45.0. The highest BCUT2D eigenvalue weighted by atomic mass is 32.2. The third kappa shape index (κ3) is 8.80. The summed E-state index contributed by atoms with van der Waals surface area (Å²) in [5.41, 5.74) is -0.314. The van der Waals surface area contributed by atoms with Crippen LogP contribution in [0.1, 0.15) is 70.8 Å². The molecule has 332 valence electrons. The molecule has 63 heavy (non-hydrogen) atoms. The smallest absolute Gasteiger partial charge is 0.357 e. The van der Waals surface area contributed by atoms with Crippen molar-refractivity contribution in [1.29, 1.82) is 0 Å². The number of rotatable bonds is 15. The average molecular weight is 900 g/mol. The molecular weight excluding hydrogens is 851 g/mol. The third-order valence-corrected chi connectivity index (χ3v) is 13.9. The van der Waals surface area contributed by atoms with E-state index in [4.69, 9.17) is 28.6 Å². The number of amides is 3. The maximum Gasteiger partial charge on any atom is 0.357 e. The SMILES string of the molecule is C=C[C@@H]1C[C@]1(NC(=O)[C@@H]1C[C@@H](Oc2nc(-c3ccc(OC(C)C)cc3)nc3c2oc2ccccc23)CN1C(=O)[C@@H](Nc1nc(C(=O)OC)cs1)C(C)(C)C)C(=O)NS(=O)(=O)C1CC1. The summed E-state index contributed by atoms with van der Waals surface area (Å²) in [5, 5.41) is 7.86. The molecule has 5 atom stereocenters. The van der Waals surface area contributed by atoms with Gasteiger partial charge in [-0.2, -0.15) is 4.98 Å². The first-order chi connectivity index (χ1) is 29.9. The van der Waals surface area contributed by atoms with E-state index in [1.165, 1.54) is 23.5 Å². The first-order valence-electron chi connectivity index (χ1n) is 20.6. The van der Waals surface area contributed by atoms with Crippen molar-refractivity contribution in [2.24, 2.45) is 11.3 Å². The topological polar surface area (TPSA) is 221 Å². The number of sulfonamides is 1. The Labute approximate surface area is 368 Å². The lowest BCUT2D eigenvalue weighted by molar-refractivity contribution is -0.141. The lowest BCUT2D eigenvalue weighted by atomic mass is 9.85. The minimum Gasteiger partial charge on any atom is -0.491 e. The van der Waals surface area contributed by atoms with Crippen LogP contribution in [0.15, 0.2) is 71.0 Å². The second-order valence-electron chi connectivity index (χ2n) is 17.5. The van der Waals surface area contributed by atoms with Crippen molar-refractivity contribution >= 4 is 72.3 Å². The highest BCUT2D eigenvalue weighted by molar-refractivity contribution is 7.91. The summed E-state index contributed by atoms with van der Waals surface area (Å²) in [7, 11) is -2.70. The van der Waals surface area contributed by atoms with Gasteiger partial charge >= 0.3 is 5.97 Å². The summed E-state index contributed by atoms with van der Waals surface area (Å²) in [6, 6.07) is 12.5. The van der Waals surface area contributed by atoms with Crippen molar-refractivity contribution in [3.63, 3.8) is 0 Å². The molecule has 0 radical (unpaired) electrons. The predicted molar refractivity (Wildman–Crippen MR) is 235 cm³/mol. The first-order valence-corrected chi connectivity index (χ1v) is 23.1. The molecule has 3 amide bonds.